The molecule has 0 unspecified atom stereocenters. The molecule has 0 aromatic rings. The zero-order valence-electron chi connectivity index (χ0n) is 7.14. The summed E-state index contributed by atoms with van der Waals surface area (Å²) in [7, 11) is 3.58. The molecule has 0 amide bonds. The van der Waals surface area contributed by atoms with Gasteiger partial charge in [-0.15, -0.1) is 0 Å². The average Bonchev–Trinajstić information content (AvgIpc) is 2.86. The summed E-state index contributed by atoms with van der Waals surface area (Å²) >= 11 is 0. The minimum Gasteiger partial charge on any atom is -0.352 e. The molecule has 0 saturated heterocycles. The van der Waals surface area contributed by atoms with Crippen molar-refractivity contribution in [2.45, 2.75) is 31.5 Å². The zero-order valence-corrected chi connectivity index (χ0v) is 7.14. The van der Waals surface area contributed by atoms with Gasteiger partial charge in [-0.25, -0.2) is 0 Å². The molecule has 0 radical (unpaired) electrons. The van der Waals surface area contributed by atoms with Crippen LogP contribution in [0.4, 0.5) is 0 Å². The summed E-state index contributed by atoms with van der Waals surface area (Å²) in [6.45, 7) is 0. The molecule has 0 heterocycles. The average molecular weight is 154 g/mol. The van der Waals surface area contributed by atoms with E-state index in [-0.39, 0.29) is 5.79 Å². The van der Waals surface area contributed by atoms with E-state index in [1.165, 1.54) is 25.7 Å². The van der Waals surface area contributed by atoms with Crippen LogP contribution in [0, 0.1) is 10.8 Å². The molecule has 3 fully saturated rings. The molecule has 0 aliphatic heterocycles. The predicted molar refractivity (Wildman–Crippen MR) is 40.1 cm³/mol. The molecule has 2 nitrogen and oxygen atoms in total. The fraction of sp³-hybridized carbons (Fsp3) is 1.00. The van der Waals surface area contributed by atoms with Crippen LogP contribution in [0.1, 0.15) is 25.7 Å². The van der Waals surface area contributed by atoms with Crippen LogP contribution in [0.25, 0.3) is 0 Å². The minimum atomic E-state index is -0.153. The third kappa shape index (κ3) is 0.372. The predicted octanol–water partition coefficient (Wildman–Crippen LogP) is 1.55. The van der Waals surface area contributed by atoms with Crippen LogP contribution in [-0.4, -0.2) is 20.0 Å². The maximum Gasteiger partial charge on any atom is 0.180 e. The first kappa shape index (κ1) is 6.44. The molecular formula is C9H14O2. The highest BCUT2D eigenvalue weighted by Crippen LogP contribution is 2.95. The van der Waals surface area contributed by atoms with Gasteiger partial charge >= 0.3 is 0 Å². The molecule has 0 N–H and O–H groups in total. The Morgan fingerprint density at radius 1 is 0.818 bits per heavy atom. The zero-order chi connectivity index (χ0) is 7.74. The summed E-state index contributed by atoms with van der Waals surface area (Å²) in [4.78, 5) is 0. The van der Waals surface area contributed by atoms with E-state index in [9.17, 15) is 0 Å². The Morgan fingerprint density at radius 3 is 1.27 bits per heavy atom. The number of rotatable bonds is 2. The maximum atomic E-state index is 5.53. The number of fused-ring (bicyclic) bond motifs is 1. The van der Waals surface area contributed by atoms with Gasteiger partial charge in [0.15, 0.2) is 5.79 Å². The van der Waals surface area contributed by atoms with Gasteiger partial charge in [0, 0.05) is 25.0 Å². The number of methoxy groups -OCH3 is 2. The third-order valence-corrected chi connectivity index (χ3v) is 4.19. The topological polar surface area (TPSA) is 18.5 Å². The minimum absolute atomic E-state index is 0.153. The number of hydrogen-bond donors (Lipinski definition) is 0. The molecule has 3 aliphatic carbocycles. The number of hydrogen-bond acceptors (Lipinski definition) is 2. The quantitative estimate of drug-likeness (QED) is 0.562. The first-order valence-electron chi connectivity index (χ1n) is 4.39. The molecule has 0 bridgehead atoms. The molecule has 62 valence electrons. The van der Waals surface area contributed by atoms with Crippen LogP contribution in [-0.2, 0) is 9.47 Å². The highest BCUT2D eigenvalue weighted by atomic mass is 16.7. The van der Waals surface area contributed by atoms with E-state index in [1.807, 2.05) is 0 Å². The fourth-order valence-electron chi connectivity index (χ4n) is 3.50. The maximum absolute atomic E-state index is 5.53. The normalized spacial score (nSPS) is 37.6. The van der Waals surface area contributed by atoms with E-state index in [0.717, 1.165) is 0 Å². The van der Waals surface area contributed by atoms with E-state index in [0.29, 0.717) is 10.8 Å². The summed E-state index contributed by atoms with van der Waals surface area (Å²) in [5, 5.41) is 0. The van der Waals surface area contributed by atoms with Gasteiger partial charge in [0.05, 0.1) is 0 Å². The van der Waals surface area contributed by atoms with E-state index < -0.39 is 0 Å². The van der Waals surface area contributed by atoms with Gasteiger partial charge in [-0.1, -0.05) is 0 Å². The molecule has 0 aromatic carbocycles. The van der Waals surface area contributed by atoms with Crippen LogP contribution in [0.5, 0.6) is 0 Å². The van der Waals surface area contributed by atoms with Crippen molar-refractivity contribution in [3.05, 3.63) is 0 Å². The molecule has 0 aromatic heterocycles. The lowest BCUT2D eigenvalue weighted by Crippen LogP contribution is -2.20. The summed E-state index contributed by atoms with van der Waals surface area (Å²) in [6, 6.07) is 0. The van der Waals surface area contributed by atoms with Crippen LogP contribution in [0.15, 0.2) is 0 Å². The van der Waals surface area contributed by atoms with Crippen LogP contribution in [0.3, 0.4) is 0 Å². The second kappa shape index (κ2) is 1.38. The molecule has 0 atom stereocenters. The first-order chi connectivity index (χ1) is 5.29. The SMILES string of the molecule is COC1(OC)C2(CC2)C12CC2. The van der Waals surface area contributed by atoms with Crippen molar-refractivity contribution >= 4 is 0 Å². The molecule has 3 saturated carbocycles. The summed E-state index contributed by atoms with van der Waals surface area (Å²) < 4.78 is 11.1. The van der Waals surface area contributed by atoms with Gasteiger partial charge in [-0.2, -0.15) is 0 Å². The van der Waals surface area contributed by atoms with Crippen molar-refractivity contribution in [2.75, 3.05) is 14.2 Å². The van der Waals surface area contributed by atoms with Gasteiger partial charge in [0.1, 0.15) is 0 Å². The van der Waals surface area contributed by atoms with Crippen molar-refractivity contribution < 1.29 is 9.47 Å². The Bertz CT molecular complexity index is 190. The first-order valence-corrected chi connectivity index (χ1v) is 4.39. The highest BCUT2D eigenvalue weighted by Gasteiger charge is 2.98. The fourth-order valence-corrected chi connectivity index (χ4v) is 3.50. The Morgan fingerprint density at radius 2 is 1.18 bits per heavy atom. The molecule has 3 rings (SSSR count). The molecule has 2 heteroatoms. The monoisotopic (exact) mass is 154 g/mol. The molecule has 3 aliphatic rings. The summed E-state index contributed by atoms with van der Waals surface area (Å²) in [5.74, 6) is -0.153. The second-order valence-electron chi connectivity index (χ2n) is 4.19. The standard InChI is InChI=1S/C9H14O2/c1-10-9(11-2)7(3-4-7)8(9)5-6-8/h3-6H2,1-2H3. The van der Waals surface area contributed by atoms with Gasteiger partial charge < -0.3 is 9.47 Å². The Hall–Kier alpha value is -0.0800. The van der Waals surface area contributed by atoms with Gasteiger partial charge in [-0.3, -0.25) is 0 Å². The van der Waals surface area contributed by atoms with Gasteiger partial charge in [-0.05, 0) is 25.7 Å². The van der Waals surface area contributed by atoms with E-state index in [1.54, 1.807) is 14.2 Å². The molecular weight excluding hydrogens is 140 g/mol. The summed E-state index contributed by atoms with van der Waals surface area (Å²) in [5.41, 5.74) is 0.951. The second-order valence-corrected chi connectivity index (χ2v) is 4.19. The molecule has 2 spiro atoms. The van der Waals surface area contributed by atoms with Crippen molar-refractivity contribution in [1.29, 1.82) is 0 Å². The van der Waals surface area contributed by atoms with Gasteiger partial charge in [0.2, 0.25) is 0 Å². The van der Waals surface area contributed by atoms with Crippen LogP contribution >= 0.6 is 0 Å². The largest absolute Gasteiger partial charge is 0.352 e. The number of ether oxygens (including phenoxy) is 2. The van der Waals surface area contributed by atoms with Crippen LogP contribution in [0.2, 0.25) is 0 Å². The molecule has 11 heavy (non-hydrogen) atoms. The van der Waals surface area contributed by atoms with Crippen molar-refractivity contribution in [2.24, 2.45) is 10.8 Å². The Labute approximate surface area is 66.9 Å². The Balaban J connectivity index is 1.99. The van der Waals surface area contributed by atoms with E-state index in [2.05, 4.69) is 0 Å². The lowest BCUT2D eigenvalue weighted by atomic mass is 10.3. The van der Waals surface area contributed by atoms with E-state index in [4.69, 9.17) is 9.47 Å². The highest BCUT2D eigenvalue weighted by molar-refractivity contribution is 5.41. The third-order valence-electron chi connectivity index (χ3n) is 4.19. The van der Waals surface area contributed by atoms with Gasteiger partial charge in [0.25, 0.3) is 0 Å². The van der Waals surface area contributed by atoms with Crippen molar-refractivity contribution in [3.8, 4) is 0 Å². The van der Waals surface area contributed by atoms with Crippen LogP contribution < -0.4 is 0 Å². The van der Waals surface area contributed by atoms with Crippen molar-refractivity contribution in [1.82, 2.24) is 0 Å². The lowest BCUT2D eigenvalue weighted by molar-refractivity contribution is -0.155. The van der Waals surface area contributed by atoms with Crippen molar-refractivity contribution in [3.63, 3.8) is 0 Å². The lowest BCUT2D eigenvalue weighted by Gasteiger charge is -2.13. The van der Waals surface area contributed by atoms with E-state index >= 15 is 0 Å². The summed E-state index contributed by atoms with van der Waals surface area (Å²) in [6.07, 6.45) is 5.31. The smallest absolute Gasteiger partial charge is 0.180 e. The Kier molecular flexibility index (Phi) is 0.807.